The molecule has 3 aromatic rings. The van der Waals surface area contributed by atoms with E-state index in [0.717, 1.165) is 50.9 Å². The number of nitriles is 1. The summed E-state index contributed by atoms with van der Waals surface area (Å²) >= 11 is 0. The fourth-order valence-corrected chi connectivity index (χ4v) is 7.50. The fraction of sp³-hybridized carbons (Fsp3) is 0.512. The second-order valence-electron chi connectivity index (χ2n) is 13.7. The SMILES string of the molecule is CCN(CCCC(=O)NCCCCCCOP(OCCC#N)N(C(C)C)C(C)C)c1ccc(N=Nc2cc(OC)c(N=Nc3ccc([N+](=O)[O-])cc3)cc2OC)cc1. The number of carbonyl (C=O) groups is 1. The largest absolute Gasteiger partial charge is 0.494 e. The van der Waals surface area contributed by atoms with Crippen LogP contribution in [0, 0.1) is 21.4 Å². The van der Waals surface area contributed by atoms with Crippen molar-refractivity contribution in [2.24, 2.45) is 20.5 Å². The van der Waals surface area contributed by atoms with Gasteiger partial charge in [-0.2, -0.15) is 15.5 Å². The predicted molar refractivity (Wildman–Crippen MR) is 227 cm³/mol. The number of nitrogens with zero attached hydrogens (tertiary/aromatic N) is 8. The second-order valence-corrected chi connectivity index (χ2v) is 15.2. The van der Waals surface area contributed by atoms with E-state index in [1.165, 1.54) is 38.5 Å². The Hall–Kier alpha value is -5.07. The van der Waals surface area contributed by atoms with Crippen LogP contribution < -0.4 is 19.7 Å². The smallest absolute Gasteiger partial charge is 0.269 e. The van der Waals surface area contributed by atoms with E-state index < -0.39 is 13.4 Å². The van der Waals surface area contributed by atoms with Gasteiger partial charge in [0.15, 0.2) is 0 Å². The predicted octanol–water partition coefficient (Wildman–Crippen LogP) is 11.0. The van der Waals surface area contributed by atoms with Crippen molar-refractivity contribution in [2.75, 3.05) is 52.0 Å². The first kappa shape index (κ1) is 47.3. The van der Waals surface area contributed by atoms with Crippen molar-refractivity contribution in [2.45, 2.75) is 91.6 Å². The maximum Gasteiger partial charge on any atom is 0.269 e. The summed E-state index contributed by atoms with van der Waals surface area (Å²) in [6.45, 7) is 13.8. The Morgan fingerprint density at radius 1 is 0.828 bits per heavy atom. The van der Waals surface area contributed by atoms with Gasteiger partial charge in [0.2, 0.25) is 5.91 Å². The average Bonchev–Trinajstić information content (AvgIpc) is 3.21. The molecule has 0 spiro atoms. The second kappa shape index (κ2) is 26.0. The summed E-state index contributed by atoms with van der Waals surface area (Å²) in [5, 5.41) is 40.1. The number of ether oxygens (including phenoxy) is 2. The third kappa shape index (κ3) is 16.1. The molecule has 0 aliphatic rings. The summed E-state index contributed by atoms with van der Waals surface area (Å²) in [5.74, 6) is 0.864. The molecule has 1 unspecified atom stereocenters. The van der Waals surface area contributed by atoms with Crippen LogP contribution in [-0.4, -0.2) is 74.7 Å². The Labute approximate surface area is 343 Å². The van der Waals surface area contributed by atoms with E-state index in [9.17, 15) is 14.9 Å². The number of anilines is 1. The van der Waals surface area contributed by atoms with E-state index in [4.69, 9.17) is 23.8 Å². The molecule has 0 saturated carbocycles. The standard InChI is InChI=1S/C41H58N9O7P/c1-8-48(26-13-15-41(51)43-25-11-9-10-12-27-56-58(57-28-14-24-42)49(31(2)3)32(4)5)35-20-16-33(17-21-35)44-46-37-29-40(55-7)38(30-39(37)54-6)47-45-34-18-22-36(23-19-34)50(52)53/h16-23,29-32H,8-15,25-28H2,1-7H3,(H,43,51). The van der Waals surface area contributed by atoms with E-state index in [1.807, 2.05) is 24.3 Å². The number of nitro groups is 1. The van der Waals surface area contributed by atoms with E-state index in [1.54, 1.807) is 12.1 Å². The highest BCUT2D eigenvalue weighted by atomic mass is 31.2. The molecular weight excluding hydrogens is 761 g/mol. The highest BCUT2D eigenvalue weighted by Crippen LogP contribution is 2.46. The van der Waals surface area contributed by atoms with Crippen LogP contribution in [0.2, 0.25) is 0 Å². The number of nitro benzene ring substituents is 1. The van der Waals surface area contributed by atoms with E-state index in [-0.39, 0.29) is 23.7 Å². The molecule has 1 atom stereocenters. The lowest BCUT2D eigenvalue weighted by Gasteiger charge is -2.35. The Balaban J connectivity index is 1.41. The van der Waals surface area contributed by atoms with Crippen molar-refractivity contribution in [1.82, 2.24) is 9.99 Å². The Kier molecular flexibility index (Phi) is 21.2. The van der Waals surface area contributed by atoms with E-state index >= 15 is 0 Å². The maximum atomic E-state index is 12.5. The molecular formula is C41H58N9O7P. The van der Waals surface area contributed by atoms with Gasteiger partial charge in [0, 0.05) is 68.1 Å². The third-order valence-electron chi connectivity index (χ3n) is 8.77. The molecule has 16 nitrogen and oxygen atoms in total. The molecule has 0 heterocycles. The molecule has 0 fully saturated rings. The van der Waals surface area contributed by atoms with Gasteiger partial charge in [0.05, 0.1) is 56.2 Å². The lowest BCUT2D eigenvalue weighted by Crippen LogP contribution is -2.33. The minimum absolute atomic E-state index is 0.0356. The van der Waals surface area contributed by atoms with E-state index in [2.05, 4.69) is 76.0 Å². The number of unbranched alkanes of at least 4 members (excludes halogenated alkanes) is 3. The number of benzene rings is 3. The number of non-ortho nitro benzene ring substituents is 1. The van der Waals surface area contributed by atoms with Crippen LogP contribution in [-0.2, 0) is 13.8 Å². The number of amides is 1. The first-order valence-electron chi connectivity index (χ1n) is 19.7. The van der Waals surface area contributed by atoms with Crippen LogP contribution in [0.5, 0.6) is 11.5 Å². The van der Waals surface area contributed by atoms with Gasteiger partial charge in [0.1, 0.15) is 22.9 Å². The van der Waals surface area contributed by atoms with Crippen LogP contribution in [0.4, 0.5) is 34.1 Å². The monoisotopic (exact) mass is 819 g/mol. The molecule has 1 amide bonds. The summed E-state index contributed by atoms with van der Waals surface area (Å²) in [7, 11) is 1.81. The zero-order chi connectivity index (χ0) is 42.3. The Morgan fingerprint density at radius 2 is 1.38 bits per heavy atom. The van der Waals surface area contributed by atoms with Gasteiger partial charge in [0.25, 0.3) is 14.2 Å². The van der Waals surface area contributed by atoms with Gasteiger partial charge in [-0.15, -0.1) is 10.2 Å². The van der Waals surface area contributed by atoms with Crippen molar-refractivity contribution >= 4 is 48.6 Å². The van der Waals surface area contributed by atoms with E-state index in [0.29, 0.717) is 66.8 Å². The summed E-state index contributed by atoms with van der Waals surface area (Å²) in [5.41, 5.74) is 2.89. The number of rotatable bonds is 27. The molecule has 0 aliphatic carbocycles. The van der Waals surface area contributed by atoms with Crippen molar-refractivity contribution in [1.29, 1.82) is 5.26 Å². The molecule has 314 valence electrons. The first-order valence-corrected chi connectivity index (χ1v) is 20.8. The van der Waals surface area contributed by atoms with Gasteiger partial charge in [-0.3, -0.25) is 14.9 Å². The number of methoxy groups -OCH3 is 2. The van der Waals surface area contributed by atoms with Crippen molar-refractivity contribution in [3.05, 3.63) is 70.8 Å². The molecule has 0 bridgehead atoms. The van der Waals surface area contributed by atoms with Crippen molar-refractivity contribution < 1.29 is 28.2 Å². The zero-order valence-electron chi connectivity index (χ0n) is 34.8. The van der Waals surface area contributed by atoms with Crippen molar-refractivity contribution in [3.63, 3.8) is 0 Å². The Morgan fingerprint density at radius 3 is 1.90 bits per heavy atom. The van der Waals surface area contributed by atoms with Crippen LogP contribution in [0.15, 0.2) is 81.1 Å². The van der Waals surface area contributed by atoms with Crippen LogP contribution in [0.1, 0.15) is 79.6 Å². The van der Waals surface area contributed by atoms with Gasteiger partial charge in [-0.25, -0.2) is 4.67 Å². The van der Waals surface area contributed by atoms with Gasteiger partial charge < -0.3 is 28.7 Å². The van der Waals surface area contributed by atoms with Crippen molar-refractivity contribution in [3.8, 4) is 17.6 Å². The first-order chi connectivity index (χ1) is 28.0. The summed E-state index contributed by atoms with van der Waals surface area (Å²) in [4.78, 5) is 25.2. The Bertz CT molecular complexity index is 1800. The molecule has 58 heavy (non-hydrogen) atoms. The average molecular weight is 820 g/mol. The molecule has 3 rings (SSSR count). The number of azo groups is 2. The lowest BCUT2D eigenvalue weighted by molar-refractivity contribution is -0.384. The van der Waals surface area contributed by atoms with Gasteiger partial charge in [-0.05, 0) is 90.3 Å². The van der Waals surface area contributed by atoms with Gasteiger partial charge in [-0.1, -0.05) is 12.8 Å². The maximum absolute atomic E-state index is 12.5. The molecule has 0 saturated heterocycles. The summed E-state index contributed by atoms with van der Waals surface area (Å²) in [6.07, 6.45) is 5.37. The molecule has 17 heteroatoms. The summed E-state index contributed by atoms with van der Waals surface area (Å²) < 4.78 is 25.4. The van der Waals surface area contributed by atoms with Gasteiger partial charge >= 0.3 is 0 Å². The van der Waals surface area contributed by atoms with Crippen LogP contribution in [0.3, 0.4) is 0 Å². The minimum atomic E-state index is -1.21. The fourth-order valence-electron chi connectivity index (χ4n) is 5.87. The molecule has 1 N–H and O–H groups in total. The van der Waals surface area contributed by atoms with Crippen LogP contribution >= 0.6 is 8.53 Å². The lowest BCUT2D eigenvalue weighted by atomic mass is 10.2. The molecule has 3 aromatic carbocycles. The number of nitrogens with one attached hydrogen (secondary N) is 1. The highest BCUT2D eigenvalue weighted by molar-refractivity contribution is 7.44. The van der Waals surface area contributed by atoms with Crippen LogP contribution in [0.25, 0.3) is 0 Å². The zero-order valence-corrected chi connectivity index (χ0v) is 35.7. The summed E-state index contributed by atoms with van der Waals surface area (Å²) in [6, 6.07) is 19.4. The molecule has 0 aromatic heterocycles. The number of hydrogen-bond acceptors (Lipinski definition) is 14. The number of carbonyl (C=O) groups excluding carboxylic acids is 1. The molecule has 0 radical (unpaired) electrons. The molecule has 0 aliphatic heterocycles. The third-order valence-corrected chi connectivity index (χ3v) is 10.9. The normalized spacial score (nSPS) is 12.1. The quantitative estimate of drug-likeness (QED) is 0.0255. The topological polar surface area (TPSA) is 189 Å². The number of hydrogen-bond donors (Lipinski definition) is 1. The highest BCUT2D eigenvalue weighted by Gasteiger charge is 2.27. The minimum Gasteiger partial charge on any atom is -0.494 e.